The molecule has 0 bridgehead atoms. The van der Waals surface area contributed by atoms with Gasteiger partial charge in [-0.05, 0) is 13.3 Å². The molecule has 0 heterocycles. The van der Waals surface area contributed by atoms with Crippen molar-refractivity contribution in [3.8, 4) is 0 Å². The van der Waals surface area contributed by atoms with E-state index in [2.05, 4.69) is 6.92 Å². The summed E-state index contributed by atoms with van der Waals surface area (Å²) in [4.78, 5) is 0. The lowest BCUT2D eigenvalue weighted by atomic mass is 10.0. The Hall–Kier alpha value is 0.0700. The number of unbranched alkanes of at least 4 members (excludes halogenated alkanes) is 13. The van der Waals surface area contributed by atoms with Crippen LogP contribution >= 0.6 is 7.82 Å². The largest absolute Gasteiger partial charge is 0.476 e. The Labute approximate surface area is 162 Å². The van der Waals surface area contributed by atoms with Gasteiger partial charge in [0.2, 0.25) is 0 Å². The fraction of sp³-hybridized carbons (Fsp3) is 1.00. The molecule has 158 valence electrons. The van der Waals surface area contributed by atoms with Crippen LogP contribution in [0.3, 0.4) is 0 Å². The SMILES string of the molecule is CCCCCCCCCCCCCCCCOP(=O)(OC)OCOCC. The van der Waals surface area contributed by atoms with Gasteiger partial charge in [-0.15, -0.1) is 0 Å². The monoisotopic (exact) mass is 394 g/mol. The second-order valence-corrected chi connectivity index (χ2v) is 8.57. The lowest BCUT2D eigenvalue weighted by Crippen LogP contribution is -2.03. The summed E-state index contributed by atoms with van der Waals surface area (Å²) in [6, 6.07) is 0. The summed E-state index contributed by atoms with van der Waals surface area (Å²) in [5.74, 6) is 0. The minimum Gasteiger partial charge on any atom is -0.355 e. The standard InChI is InChI=1S/C20H43O5P/c1-4-6-7-8-9-10-11-12-13-14-15-16-17-18-19-24-26(21,22-3)25-20-23-5-2/h4-20H2,1-3H3. The van der Waals surface area contributed by atoms with Crippen LogP contribution in [0.2, 0.25) is 0 Å². The molecule has 1 unspecified atom stereocenters. The van der Waals surface area contributed by atoms with E-state index >= 15 is 0 Å². The van der Waals surface area contributed by atoms with Gasteiger partial charge >= 0.3 is 7.82 Å². The predicted molar refractivity (Wildman–Crippen MR) is 108 cm³/mol. The highest BCUT2D eigenvalue weighted by Crippen LogP contribution is 2.48. The van der Waals surface area contributed by atoms with Gasteiger partial charge in [0.1, 0.15) is 0 Å². The predicted octanol–water partition coefficient (Wildman–Crippen LogP) is 7.25. The molecule has 1 atom stereocenters. The van der Waals surface area contributed by atoms with E-state index in [1.165, 1.54) is 84.2 Å². The summed E-state index contributed by atoms with van der Waals surface area (Å²) in [7, 11) is -2.11. The number of rotatable bonds is 21. The normalized spacial score (nSPS) is 13.8. The van der Waals surface area contributed by atoms with Crippen LogP contribution in [-0.4, -0.2) is 27.1 Å². The molecule has 6 heteroatoms. The molecule has 0 radical (unpaired) electrons. The zero-order valence-corrected chi connectivity index (χ0v) is 18.4. The summed E-state index contributed by atoms with van der Waals surface area (Å²) >= 11 is 0. The van der Waals surface area contributed by atoms with Gasteiger partial charge in [0.05, 0.1) is 6.61 Å². The molecule has 26 heavy (non-hydrogen) atoms. The zero-order valence-electron chi connectivity index (χ0n) is 17.5. The Kier molecular flexibility index (Phi) is 19.9. The van der Waals surface area contributed by atoms with E-state index in [-0.39, 0.29) is 6.79 Å². The van der Waals surface area contributed by atoms with Crippen LogP contribution in [0.1, 0.15) is 104 Å². The van der Waals surface area contributed by atoms with E-state index < -0.39 is 7.82 Å². The van der Waals surface area contributed by atoms with Crippen molar-refractivity contribution in [2.75, 3.05) is 27.1 Å². The van der Waals surface area contributed by atoms with Crippen molar-refractivity contribution in [3.05, 3.63) is 0 Å². The number of hydrogen-bond donors (Lipinski definition) is 0. The van der Waals surface area contributed by atoms with Gasteiger partial charge in [-0.1, -0.05) is 90.4 Å². The third-order valence-electron chi connectivity index (χ3n) is 4.47. The molecular formula is C20H43O5P. The molecule has 0 saturated carbocycles. The van der Waals surface area contributed by atoms with Gasteiger partial charge in [-0.2, -0.15) is 0 Å². The van der Waals surface area contributed by atoms with Crippen molar-refractivity contribution in [1.29, 1.82) is 0 Å². The van der Waals surface area contributed by atoms with Crippen molar-refractivity contribution in [1.82, 2.24) is 0 Å². The molecule has 0 aromatic carbocycles. The smallest absolute Gasteiger partial charge is 0.355 e. The second kappa shape index (κ2) is 19.8. The molecule has 0 aromatic heterocycles. The third-order valence-corrected chi connectivity index (χ3v) is 5.84. The summed E-state index contributed by atoms with van der Waals surface area (Å²) < 4.78 is 32.2. The van der Waals surface area contributed by atoms with Crippen LogP contribution in [0.25, 0.3) is 0 Å². The maximum atomic E-state index is 12.0. The van der Waals surface area contributed by atoms with Gasteiger partial charge in [-0.25, -0.2) is 4.57 Å². The molecule has 0 aliphatic heterocycles. The van der Waals surface area contributed by atoms with Crippen LogP contribution < -0.4 is 0 Å². The topological polar surface area (TPSA) is 54.0 Å². The van der Waals surface area contributed by atoms with Gasteiger partial charge in [0.15, 0.2) is 6.79 Å². The molecule has 5 nitrogen and oxygen atoms in total. The lowest BCUT2D eigenvalue weighted by Gasteiger charge is -2.15. The molecule has 0 aliphatic rings. The third kappa shape index (κ3) is 17.5. The Morgan fingerprint density at radius 1 is 0.654 bits per heavy atom. The maximum Gasteiger partial charge on any atom is 0.476 e. The minimum atomic E-state index is -3.44. The maximum absolute atomic E-state index is 12.0. The number of phosphoric ester groups is 1. The Balaban J connectivity index is 3.31. The molecule has 0 N–H and O–H groups in total. The first-order valence-corrected chi connectivity index (χ1v) is 12.2. The van der Waals surface area contributed by atoms with Crippen molar-refractivity contribution in [2.45, 2.75) is 104 Å². The molecule has 0 spiro atoms. The van der Waals surface area contributed by atoms with E-state index in [4.69, 9.17) is 18.3 Å². The van der Waals surface area contributed by atoms with Crippen LogP contribution in [0, 0.1) is 0 Å². The van der Waals surface area contributed by atoms with Crippen molar-refractivity contribution >= 4 is 7.82 Å². The Morgan fingerprint density at radius 3 is 1.54 bits per heavy atom. The highest BCUT2D eigenvalue weighted by Gasteiger charge is 2.24. The number of ether oxygens (including phenoxy) is 1. The van der Waals surface area contributed by atoms with E-state index in [0.29, 0.717) is 13.2 Å². The quantitative estimate of drug-likeness (QED) is 0.117. The molecule has 0 aromatic rings. The van der Waals surface area contributed by atoms with Gasteiger partial charge in [0.25, 0.3) is 0 Å². The highest BCUT2D eigenvalue weighted by atomic mass is 31.2. The number of phosphoric acid groups is 1. The van der Waals surface area contributed by atoms with Crippen LogP contribution in [0.5, 0.6) is 0 Å². The summed E-state index contributed by atoms with van der Waals surface area (Å²) in [6.45, 7) is 4.94. The first-order chi connectivity index (χ1) is 12.7. The summed E-state index contributed by atoms with van der Waals surface area (Å²) in [5.41, 5.74) is 0. The Bertz CT molecular complexity index is 325. The van der Waals surface area contributed by atoms with Gasteiger partial charge < -0.3 is 4.74 Å². The van der Waals surface area contributed by atoms with Crippen molar-refractivity contribution < 1.29 is 22.9 Å². The van der Waals surface area contributed by atoms with E-state index in [1.807, 2.05) is 6.92 Å². The summed E-state index contributed by atoms with van der Waals surface area (Å²) in [5, 5.41) is 0. The molecule has 0 aliphatic carbocycles. The van der Waals surface area contributed by atoms with E-state index in [9.17, 15) is 4.57 Å². The highest BCUT2D eigenvalue weighted by molar-refractivity contribution is 7.48. The van der Waals surface area contributed by atoms with E-state index in [1.54, 1.807) is 0 Å². The molecular weight excluding hydrogens is 351 g/mol. The Morgan fingerprint density at radius 2 is 1.12 bits per heavy atom. The van der Waals surface area contributed by atoms with Crippen LogP contribution in [-0.2, 0) is 22.9 Å². The lowest BCUT2D eigenvalue weighted by molar-refractivity contribution is -0.00621. The van der Waals surface area contributed by atoms with Crippen LogP contribution in [0.4, 0.5) is 0 Å². The van der Waals surface area contributed by atoms with Crippen molar-refractivity contribution in [2.24, 2.45) is 0 Å². The van der Waals surface area contributed by atoms with Gasteiger partial charge in [0, 0.05) is 13.7 Å². The molecule has 0 fully saturated rings. The fourth-order valence-corrected chi connectivity index (χ4v) is 3.64. The molecule has 0 amide bonds. The average molecular weight is 395 g/mol. The minimum absolute atomic E-state index is 0.0691. The van der Waals surface area contributed by atoms with Crippen molar-refractivity contribution in [3.63, 3.8) is 0 Å². The fourth-order valence-electron chi connectivity index (χ4n) is 2.80. The molecule has 0 saturated heterocycles. The average Bonchev–Trinajstić information content (AvgIpc) is 2.65. The van der Waals surface area contributed by atoms with Crippen LogP contribution in [0.15, 0.2) is 0 Å². The summed E-state index contributed by atoms with van der Waals surface area (Å²) in [6.07, 6.45) is 18.3. The first-order valence-electron chi connectivity index (χ1n) is 10.7. The van der Waals surface area contributed by atoms with Gasteiger partial charge in [-0.3, -0.25) is 13.6 Å². The number of hydrogen-bond acceptors (Lipinski definition) is 5. The van der Waals surface area contributed by atoms with E-state index in [0.717, 1.165) is 12.8 Å². The zero-order chi connectivity index (χ0) is 19.3. The molecule has 0 rings (SSSR count). The second-order valence-electron chi connectivity index (χ2n) is 6.80. The first kappa shape index (κ1) is 26.1.